The van der Waals surface area contributed by atoms with Gasteiger partial charge in [-0.15, -0.1) is 11.3 Å². The summed E-state index contributed by atoms with van der Waals surface area (Å²) in [7, 11) is 0. The van der Waals surface area contributed by atoms with Gasteiger partial charge in [-0.2, -0.15) is 4.98 Å². The standard InChI is InChI=1S/C13H11ClN4OS/c14-9-3-1-8(2-4-9)5-11-17-12(19-18-11)6-10-7-20-13(15)16-10/h1-4,7H,5-6H2,(H2,15,16). The van der Waals surface area contributed by atoms with E-state index in [0.29, 0.717) is 34.7 Å². The number of hydrogen-bond acceptors (Lipinski definition) is 6. The molecule has 2 aromatic heterocycles. The van der Waals surface area contributed by atoms with E-state index in [1.165, 1.54) is 11.3 Å². The van der Waals surface area contributed by atoms with Crippen molar-refractivity contribution in [2.45, 2.75) is 12.8 Å². The molecule has 1 aromatic carbocycles. The van der Waals surface area contributed by atoms with Crippen molar-refractivity contribution in [3.63, 3.8) is 0 Å². The summed E-state index contributed by atoms with van der Waals surface area (Å²) in [6.45, 7) is 0. The molecule has 2 N–H and O–H groups in total. The normalized spacial score (nSPS) is 10.8. The number of thiazole rings is 1. The predicted octanol–water partition coefficient (Wildman–Crippen LogP) is 2.94. The van der Waals surface area contributed by atoms with Crippen molar-refractivity contribution >= 4 is 28.1 Å². The maximum absolute atomic E-state index is 5.85. The molecule has 102 valence electrons. The molecule has 5 nitrogen and oxygen atoms in total. The molecule has 0 aliphatic carbocycles. The van der Waals surface area contributed by atoms with Gasteiger partial charge >= 0.3 is 0 Å². The van der Waals surface area contributed by atoms with Crippen molar-refractivity contribution in [2.75, 3.05) is 5.73 Å². The van der Waals surface area contributed by atoms with Crippen LogP contribution in [0.5, 0.6) is 0 Å². The fraction of sp³-hybridized carbons (Fsp3) is 0.154. The first-order chi connectivity index (χ1) is 9.69. The van der Waals surface area contributed by atoms with E-state index in [4.69, 9.17) is 21.9 Å². The summed E-state index contributed by atoms with van der Waals surface area (Å²) in [6, 6.07) is 7.57. The quantitative estimate of drug-likeness (QED) is 0.802. The third-order valence-corrected chi connectivity index (χ3v) is 3.66. The predicted molar refractivity (Wildman–Crippen MR) is 77.9 cm³/mol. The number of anilines is 1. The molecule has 3 aromatic rings. The van der Waals surface area contributed by atoms with E-state index in [1.54, 1.807) is 0 Å². The van der Waals surface area contributed by atoms with Crippen LogP contribution in [0.3, 0.4) is 0 Å². The molecule has 0 unspecified atom stereocenters. The van der Waals surface area contributed by atoms with E-state index >= 15 is 0 Å². The highest BCUT2D eigenvalue weighted by atomic mass is 35.5. The minimum absolute atomic E-state index is 0.501. The van der Waals surface area contributed by atoms with Crippen LogP contribution >= 0.6 is 22.9 Å². The van der Waals surface area contributed by atoms with Crippen molar-refractivity contribution in [3.8, 4) is 0 Å². The summed E-state index contributed by atoms with van der Waals surface area (Å²) in [5.41, 5.74) is 7.51. The molecule has 7 heteroatoms. The van der Waals surface area contributed by atoms with Crippen LogP contribution in [0.4, 0.5) is 5.13 Å². The molecular formula is C13H11ClN4OS. The first-order valence-electron chi connectivity index (χ1n) is 5.95. The van der Waals surface area contributed by atoms with Gasteiger partial charge in [0.05, 0.1) is 12.1 Å². The highest BCUT2D eigenvalue weighted by molar-refractivity contribution is 7.13. The molecule has 3 rings (SSSR count). The number of rotatable bonds is 4. The monoisotopic (exact) mass is 306 g/mol. The molecule has 0 aliphatic rings. The average molecular weight is 307 g/mol. The van der Waals surface area contributed by atoms with Crippen molar-refractivity contribution in [2.24, 2.45) is 0 Å². The van der Waals surface area contributed by atoms with Gasteiger partial charge in [-0.05, 0) is 17.7 Å². The Morgan fingerprint density at radius 3 is 2.65 bits per heavy atom. The van der Waals surface area contributed by atoms with Gasteiger partial charge in [-0.25, -0.2) is 4.98 Å². The highest BCUT2D eigenvalue weighted by Crippen LogP contribution is 2.15. The molecule has 0 aliphatic heterocycles. The second-order valence-electron chi connectivity index (χ2n) is 4.26. The number of nitrogens with two attached hydrogens (primary N) is 1. The van der Waals surface area contributed by atoms with Crippen LogP contribution in [0.15, 0.2) is 34.2 Å². The summed E-state index contributed by atoms with van der Waals surface area (Å²) in [4.78, 5) is 8.51. The summed E-state index contributed by atoms with van der Waals surface area (Å²) in [6.07, 6.45) is 1.11. The second-order valence-corrected chi connectivity index (χ2v) is 5.59. The molecule has 0 radical (unpaired) electrons. The molecule has 0 saturated heterocycles. The van der Waals surface area contributed by atoms with Crippen molar-refractivity contribution in [1.29, 1.82) is 0 Å². The van der Waals surface area contributed by atoms with Gasteiger partial charge in [-0.1, -0.05) is 28.9 Å². The summed E-state index contributed by atoms with van der Waals surface area (Å²) in [5.74, 6) is 1.18. The Bertz CT molecular complexity index is 707. The topological polar surface area (TPSA) is 77.8 Å². The van der Waals surface area contributed by atoms with Gasteiger partial charge < -0.3 is 10.3 Å². The maximum atomic E-state index is 5.85. The fourth-order valence-electron chi connectivity index (χ4n) is 1.78. The summed E-state index contributed by atoms with van der Waals surface area (Å²) < 4.78 is 5.21. The number of nitrogen functional groups attached to an aromatic ring is 1. The third-order valence-electron chi connectivity index (χ3n) is 2.69. The molecule has 0 fully saturated rings. The Labute approximate surface area is 124 Å². The Morgan fingerprint density at radius 2 is 1.95 bits per heavy atom. The minimum atomic E-state index is 0.501. The number of aromatic nitrogens is 3. The Kier molecular flexibility index (Phi) is 3.66. The Hall–Kier alpha value is -1.92. The van der Waals surface area contributed by atoms with E-state index in [9.17, 15) is 0 Å². The summed E-state index contributed by atoms with van der Waals surface area (Å²) in [5, 5.41) is 7.10. The lowest BCUT2D eigenvalue weighted by molar-refractivity contribution is 0.379. The number of halogens is 1. The van der Waals surface area contributed by atoms with E-state index in [0.717, 1.165) is 11.3 Å². The molecule has 0 atom stereocenters. The zero-order valence-electron chi connectivity index (χ0n) is 10.4. The zero-order chi connectivity index (χ0) is 13.9. The highest BCUT2D eigenvalue weighted by Gasteiger charge is 2.09. The maximum Gasteiger partial charge on any atom is 0.232 e. The SMILES string of the molecule is Nc1nc(Cc2nc(Cc3ccc(Cl)cc3)no2)cs1. The third kappa shape index (κ3) is 3.15. The van der Waals surface area contributed by atoms with Crippen LogP contribution in [0, 0.1) is 0 Å². The first-order valence-corrected chi connectivity index (χ1v) is 7.20. The van der Waals surface area contributed by atoms with E-state index in [-0.39, 0.29) is 0 Å². The number of nitrogens with zero attached hydrogens (tertiary/aromatic N) is 3. The zero-order valence-corrected chi connectivity index (χ0v) is 12.0. The van der Waals surface area contributed by atoms with Crippen molar-refractivity contribution < 1.29 is 4.52 Å². The molecule has 0 saturated carbocycles. The molecule has 2 heterocycles. The van der Waals surface area contributed by atoms with Crippen molar-refractivity contribution in [3.05, 3.63) is 57.6 Å². The smallest absolute Gasteiger partial charge is 0.232 e. The lowest BCUT2D eigenvalue weighted by Gasteiger charge is -1.96. The van der Waals surface area contributed by atoms with Crippen LogP contribution in [-0.2, 0) is 12.8 Å². The lowest BCUT2D eigenvalue weighted by Crippen LogP contribution is -1.93. The largest absolute Gasteiger partial charge is 0.375 e. The van der Waals surface area contributed by atoms with Crippen LogP contribution in [0.1, 0.15) is 23.0 Å². The Morgan fingerprint density at radius 1 is 1.15 bits per heavy atom. The van der Waals surface area contributed by atoms with E-state index < -0.39 is 0 Å². The van der Waals surface area contributed by atoms with Gasteiger partial charge in [0, 0.05) is 16.8 Å². The minimum Gasteiger partial charge on any atom is -0.375 e. The summed E-state index contributed by atoms with van der Waals surface area (Å²) >= 11 is 7.24. The van der Waals surface area contributed by atoms with Gasteiger partial charge in [-0.3, -0.25) is 0 Å². The molecule has 0 amide bonds. The second kappa shape index (κ2) is 5.60. The van der Waals surface area contributed by atoms with Gasteiger partial charge in [0.25, 0.3) is 0 Å². The number of hydrogen-bond donors (Lipinski definition) is 1. The number of benzene rings is 1. The lowest BCUT2D eigenvalue weighted by atomic mass is 10.1. The van der Waals surface area contributed by atoms with Crippen LogP contribution in [-0.4, -0.2) is 15.1 Å². The first kappa shape index (κ1) is 13.1. The van der Waals surface area contributed by atoms with Gasteiger partial charge in [0.15, 0.2) is 11.0 Å². The van der Waals surface area contributed by atoms with Gasteiger partial charge in [0.1, 0.15) is 0 Å². The van der Waals surface area contributed by atoms with E-state index in [1.807, 2.05) is 29.6 Å². The Balaban J connectivity index is 1.68. The van der Waals surface area contributed by atoms with Crippen LogP contribution < -0.4 is 5.73 Å². The molecule has 20 heavy (non-hydrogen) atoms. The van der Waals surface area contributed by atoms with E-state index in [2.05, 4.69) is 15.1 Å². The fourth-order valence-corrected chi connectivity index (χ4v) is 2.47. The van der Waals surface area contributed by atoms with Crippen LogP contribution in [0.25, 0.3) is 0 Å². The average Bonchev–Trinajstić information content (AvgIpc) is 3.02. The molecule has 0 spiro atoms. The van der Waals surface area contributed by atoms with Crippen molar-refractivity contribution in [1.82, 2.24) is 15.1 Å². The van der Waals surface area contributed by atoms with Crippen LogP contribution in [0.2, 0.25) is 5.02 Å². The van der Waals surface area contributed by atoms with Gasteiger partial charge in [0.2, 0.25) is 5.89 Å². The molecular weight excluding hydrogens is 296 g/mol. The molecule has 0 bridgehead atoms.